The van der Waals surface area contributed by atoms with Gasteiger partial charge in [0.1, 0.15) is 5.01 Å². The molecule has 0 aliphatic carbocycles. The average molecular weight is 471 g/mol. The zero-order valence-electron chi connectivity index (χ0n) is 19.3. The normalized spacial score (nSPS) is 11.1. The Bertz CT molecular complexity index is 1290. The number of rotatable bonds is 6. The molecule has 0 fully saturated rings. The summed E-state index contributed by atoms with van der Waals surface area (Å²) in [5.74, 6) is -0.582. The summed E-state index contributed by atoms with van der Waals surface area (Å²) in [6.45, 7) is 6.24. The first kappa shape index (κ1) is 23.3. The van der Waals surface area contributed by atoms with Gasteiger partial charge in [-0.05, 0) is 47.4 Å². The van der Waals surface area contributed by atoms with Crippen LogP contribution in [0.15, 0.2) is 78.4 Å². The van der Waals surface area contributed by atoms with Crippen LogP contribution in [-0.2, 0) is 10.2 Å². The molecule has 0 aliphatic heterocycles. The summed E-state index contributed by atoms with van der Waals surface area (Å²) in [5.41, 5.74) is 5.01. The van der Waals surface area contributed by atoms with Gasteiger partial charge in [-0.15, -0.1) is 11.3 Å². The van der Waals surface area contributed by atoms with E-state index in [2.05, 4.69) is 36.4 Å². The first-order chi connectivity index (χ1) is 16.3. The highest BCUT2D eigenvalue weighted by atomic mass is 32.1. The molecular formula is C27H26N4O2S. The van der Waals surface area contributed by atoms with Gasteiger partial charge in [-0.25, -0.2) is 4.98 Å². The number of amides is 2. The number of benzene rings is 2. The molecule has 2 aromatic carbocycles. The summed E-state index contributed by atoms with van der Waals surface area (Å²) in [5, 5.41) is 8.38. The Morgan fingerprint density at radius 1 is 0.971 bits per heavy atom. The maximum Gasteiger partial charge on any atom is 0.251 e. The summed E-state index contributed by atoms with van der Waals surface area (Å²) >= 11 is 1.54. The van der Waals surface area contributed by atoms with Crippen LogP contribution in [-0.4, -0.2) is 28.3 Å². The lowest BCUT2D eigenvalue weighted by atomic mass is 9.87. The lowest BCUT2D eigenvalue weighted by Gasteiger charge is -2.19. The predicted octanol–water partition coefficient (Wildman–Crippen LogP) is 5.54. The van der Waals surface area contributed by atoms with E-state index in [0.717, 1.165) is 27.4 Å². The number of carbonyl (C=O) groups excluding carboxylic acids is 2. The molecule has 0 atom stereocenters. The second kappa shape index (κ2) is 9.97. The van der Waals surface area contributed by atoms with E-state index in [1.165, 1.54) is 0 Å². The third-order valence-corrected chi connectivity index (χ3v) is 6.17. The van der Waals surface area contributed by atoms with Crippen molar-refractivity contribution in [2.45, 2.75) is 26.2 Å². The number of thiazole rings is 1. The molecule has 0 radical (unpaired) electrons. The Morgan fingerprint density at radius 3 is 2.44 bits per heavy atom. The predicted molar refractivity (Wildman–Crippen MR) is 137 cm³/mol. The Hall–Kier alpha value is -3.84. The fourth-order valence-electron chi connectivity index (χ4n) is 3.37. The number of nitrogens with zero attached hydrogens (tertiary/aromatic N) is 2. The summed E-state index contributed by atoms with van der Waals surface area (Å²) < 4.78 is 0. The van der Waals surface area contributed by atoms with Gasteiger partial charge in [-0.2, -0.15) is 0 Å². The minimum Gasteiger partial charge on any atom is -0.343 e. The summed E-state index contributed by atoms with van der Waals surface area (Å²) in [6, 6.07) is 18.8. The zero-order valence-corrected chi connectivity index (χ0v) is 20.1. The van der Waals surface area contributed by atoms with Gasteiger partial charge in [0.2, 0.25) is 5.91 Å². The van der Waals surface area contributed by atoms with Gasteiger partial charge in [0, 0.05) is 40.2 Å². The van der Waals surface area contributed by atoms with Crippen molar-refractivity contribution in [3.05, 3.63) is 89.6 Å². The van der Waals surface area contributed by atoms with E-state index >= 15 is 0 Å². The smallest absolute Gasteiger partial charge is 0.251 e. The van der Waals surface area contributed by atoms with Gasteiger partial charge in [-0.3, -0.25) is 14.6 Å². The molecule has 7 heteroatoms. The van der Waals surface area contributed by atoms with E-state index in [4.69, 9.17) is 4.98 Å². The van der Waals surface area contributed by atoms with Crippen LogP contribution >= 0.6 is 11.3 Å². The maximum atomic E-state index is 12.4. The minimum absolute atomic E-state index is 0.0162. The van der Waals surface area contributed by atoms with Gasteiger partial charge < -0.3 is 10.6 Å². The van der Waals surface area contributed by atoms with Crippen LogP contribution in [0.2, 0.25) is 0 Å². The van der Waals surface area contributed by atoms with E-state index in [-0.39, 0.29) is 23.8 Å². The largest absolute Gasteiger partial charge is 0.343 e. The van der Waals surface area contributed by atoms with Crippen molar-refractivity contribution in [2.24, 2.45) is 0 Å². The number of carbonyl (C=O) groups is 2. The molecule has 6 nitrogen and oxygen atoms in total. The van der Waals surface area contributed by atoms with Crippen LogP contribution < -0.4 is 10.6 Å². The average Bonchev–Trinajstić information content (AvgIpc) is 3.33. The van der Waals surface area contributed by atoms with Gasteiger partial charge in [0.15, 0.2) is 0 Å². The topological polar surface area (TPSA) is 84.0 Å². The number of nitrogens with one attached hydrogen (secondary N) is 2. The van der Waals surface area contributed by atoms with Crippen molar-refractivity contribution in [3.8, 4) is 21.8 Å². The van der Waals surface area contributed by atoms with Gasteiger partial charge in [0.25, 0.3) is 5.91 Å². The second-order valence-corrected chi connectivity index (χ2v) is 9.78. The summed E-state index contributed by atoms with van der Waals surface area (Å²) in [4.78, 5) is 33.7. The third-order valence-electron chi connectivity index (χ3n) is 5.28. The zero-order chi connectivity index (χ0) is 24.1. The van der Waals surface area contributed by atoms with E-state index in [9.17, 15) is 9.59 Å². The first-order valence-corrected chi connectivity index (χ1v) is 11.8. The Labute approximate surface area is 203 Å². The molecule has 34 heavy (non-hydrogen) atoms. The van der Waals surface area contributed by atoms with Crippen LogP contribution in [0.1, 0.15) is 36.7 Å². The number of hydrogen-bond donors (Lipinski definition) is 2. The molecule has 0 aliphatic rings. The van der Waals surface area contributed by atoms with Crippen molar-refractivity contribution in [2.75, 3.05) is 11.9 Å². The van der Waals surface area contributed by atoms with Crippen LogP contribution in [0.25, 0.3) is 21.8 Å². The summed E-state index contributed by atoms with van der Waals surface area (Å²) in [6.07, 6.45) is 3.52. The molecule has 4 rings (SSSR count). The number of aromatic nitrogens is 2. The Morgan fingerprint density at radius 2 is 1.74 bits per heavy atom. The van der Waals surface area contributed by atoms with Crippen molar-refractivity contribution in [1.29, 1.82) is 0 Å². The third kappa shape index (κ3) is 5.74. The van der Waals surface area contributed by atoms with Crippen LogP contribution in [0, 0.1) is 0 Å². The molecule has 2 heterocycles. The summed E-state index contributed by atoms with van der Waals surface area (Å²) in [7, 11) is 0. The molecule has 0 bridgehead atoms. The maximum absolute atomic E-state index is 12.4. The highest BCUT2D eigenvalue weighted by Crippen LogP contribution is 2.29. The van der Waals surface area contributed by atoms with Crippen LogP contribution in [0.5, 0.6) is 0 Å². The molecule has 0 saturated heterocycles. The fourth-order valence-corrected chi connectivity index (χ4v) is 4.19. The molecular weight excluding hydrogens is 444 g/mol. The minimum atomic E-state index is -0.300. The molecule has 2 amide bonds. The van der Waals surface area contributed by atoms with E-state index in [1.807, 2.05) is 53.9 Å². The van der Waals surface area contributed by atoms with Gasteiger partial charge >= 0.3 is 0 Å². The SMILES string of the molecule is CC(C)(C)c1ccc(C(=O)NCC(=O)Nc2cccc(-c3csc(-c4cccnc4)n3)c2)cc1. The number of pyridine rings is 1. The molecule has 0 spiro atoms. The Kier molecular flexibility index (Phi) is 6.84. The highest BCUT2D eigenvalue weighted by molar-refractivity contribution is 7.13. The van der Waals surface area contributed by atoms with Crippen molar-refractivity contribution < 1.29 is 9.59 Å². The molecule has 0 unspecified atom stereocenters. The van der Waals surface area contributed by atoms with E-state index in [1.54, 1.807) is 35.9 Å². The van der Waals surface area contributed by atoms with Crippen molar-refractivity contribution in [1.82, 2.24) is 15.3 Å². The van der Waals surface area contributed by atoms with Gasteiger partial charge in [0.05, 0.1) is 12.2 Å². The first-order valence-electron chi connectivity index (χ1n) is 10.9. The standard InChI is InChI=1S/C27H26N4O2S/c1-27(2,3)21-11-9-18(10-12-21)25(33)29-16-24(32)30-22-8-4-6-19(14-22)23-17-34-26(31-23)20-7-5-13-28-15-20/h4-15,17H,16H2,1-3H3,(H,29,33)(H,30,32). The highest BCUT2D eigenvalue weighted by Gasteiger charge is 2.15. The lowest BCUT2D eigenvalue weighted by molar-refractivity contribution is -0.115. The number of anilines is 1. The van der Waals surface area contributed by atoms with E-state index < -0.39 is 0 Å². The molecule has 172 valence electrons. The molecule has 2 aromatic heterocycles. The molecule has 0 saturated carbocycles. The quantitative estimate of drug-likeness (QED) is 0.388. The fraction of sp³-hybridized carbons (Fsp3) is 0.185. The molecule has 4 aromatic rings. The van der Waals surface area contributed by atoms with Gasteiger partial charge in [-0.1, -0.05) is 45.0 Å². The lowest BCUT2D eigenvalue weighted by Crippen LogP contribution is -2.32. The van der Waals surface area contributed by atoms with E-state index in [0.29, 0.717) is 11.3 Å². The van der Waals surface area contributed by atoms with Crippen molar-refractivity contribution in [3.63, 3.8) is 0 Å². The Balaban J connectivity index is 1.35. The monoisotopic (exact) mass is 470 g/mol. The van der Waals surface area contributed by atoms with Crippen LogP contribution in [0.3, 0.4) is 0 Å². The van der Waals surface area contributed by atoms with Crippen molar-refractivity contribution >= 4 is 28.8 Å². The van der Waals surface area contributed by atoms with Crippen LogP contribution in [0.4, 0.5) is 5.69 Å². The second-order valence-electron chi connectivity index (χ2n) is 8.92. The number of hydrogen-bond acceptors (Lipinski definition) is 5. The molecule has 2 N–H and O–H groups in total.